The Morgan fingerprint density at radius 2 is 1.92 bits per heavy atom. The summed E-state index contributed by atoms with van der Waals surface area (Å²) in [5.41, 5.74) is 0.903. The quantitative estimate of drug-likeness (QED) is 0.753. The normalized spacial score (nSPS) is 11.4. The lowest BCUT2D eigenvalue weighted by atomic mass is 10.2. The van der Waals surface area contributed by atoms with E-state index >= 15 is 0 Å². The third kappa shape index (κ3) is 3.90. The van der Waals surface area contributed by atoms with E-state index in [2.05, 4.69) is 14.8 Å². The molecule has 3 rings (SSSR count). The van der Waals surface area contributed by atoms with Crippen molar-refractivity contribution in [3.05, 3.63) is 71.3 Å². The summed E-state index contributed by atoms with van der Waals surface area (Å²) in [6.45, 7) is 0.395. The van der Waals surface area contributed by atoms with Crippen molar-refractivity contribution in [2.24, 2.45) is 0 Å². The molecule has 0 saturated heterocycles. The predicted molar refractivity (Wildman–Crippen MR) is 87.8 cm³/mol. The molecule has 3 aromatic rings. The van der Waals surface area contributed by atoms with Crippen molar-refractivity contribution in [3.63, 3.8) is 0 Å². The average molecular weight is 367 g/mol. The number of anilines is 1. The number of sulfonamides is 1. The monoisotopic (exact) mass is 366 g/mol. The van der Waals surface area contributed by atoms with Crippen molar-refractivity contribution in [2.45, 2.75) is 11.4 Å². The van der Waals surface area contributed by atoms with Crippen LogP contribution >= 0.6 is 11.6 Å². The van der Waals surface area contributed by atoms with Gasteiger partial charge in [-0.2, -0.15) is 4.98 Å². The summed E-state index contributed by atoms with van der Waals surface area (Å²) in [7, 11) is -3.87. The van der Waals surface area contributed by atoms with Crippen LogP contribution < -0.4 is 4.72 Å². The van der Waals surface area contributed by atoms with Crippen LogP contribution in [0.3, 0.4) is 0 Å². The van der Waals surface area contributed by atoms with Crippen molar-refractivity contribution in [1.29, 1.82) is 0 Å². The Morgan fingerprint density at radius 3 is 2.62 bits per heavy atom. The Balaban J connectivity index is 1.75. The van der Waals surface area contributed by atoms with E-state index in [0.29, 0.717) is 11.6 Å². The molecule has 0 radical (unpaired) electrons. The molecule has 124 valence electrons. The number of halogens is 2. The molecule has 9 heteroatoms. The molecule has 1 aromatic heterocycles. The van der Waals surface area contributed by atoms with E-state index in [0.717, 1.165) is 17.7 Å². The van der Waals surface area contributed by atoms with Gasteiger partial charge in [0.25, 0.3) is 16.0 Å². The fourth-order valence-corrected chi connectivity index (χ4v) is 3.19. The number of hydrogen-bond acceptors (Lipinski definition) is 4. The first-order valence-electron chi connectivity index (χ1n) is 6.85. The molecule has 0 unspecified atom stereocenters. The lowest BCUT2D eigenvalue weighted by Crippen LogP contribution is -2.14. The van der Waals surface area contributed by atoms with Crippen molar-refractivity contribution >= 4 is 27.6 Å². The molecule has 0 bridgehead atoms. The molecular weight excluding hydrogens is 355 g/mol. The Hall–Kier alpha value is -2.45. The maximum Gasteiger partial charge on any atom is 0.264 e. The molecule has 1 heterocycles. The fraction of sp³-hybridized carbons (Fsp3) is 0.0667. The molecule has 0 aliphatic carbocycles. The highest BCUT2D eigenvalue weighted by molar-refractivity contribution is 7.92. The third-order valence-electron chi connectivity index (χ3n) is 3.12. The SMILES string of the molecule is O=S(=O)(Nc1ncn(Cc2cccc(Cl)c2)n1)c1ccc(F)cc1. The number of benzene rings is 2. The minimum absolute atomic E-state index is 0.0682. The summed E-state index contributed by atoms with van der Waals surface area (Å²) in [6.07, 6.45) is 1.41. The molecule has 0 fully saturated rings. The Kier molecular flexibility index (Phi) is 4.50. The van der Waals surface area contributed by atoms with Crippen LogP contribution in [0.25, 0.3) is 0 Å². The van der Waals surface area contributed by atoms with Gasteiger partial charge in [0, 0.05) is 5.02 Å². The van der Waals surface area contributed by atoms with E-state index < -0.39 is 15.8 Å². The van der Waals surface area contributed by atoms with Gasteiger partial charge in [0.1, 0.15) is 12.1 Å². The van der Waals surface area contributed by atoms with Gasteiger partial charge in [-0.15, -0.1) is 5.10 Å². The summed E-state index contributed by atoms with van der Waals surface area (Å²) in [5, 5.41) is 4.66. The van der Waals surface area contributed by atoms with Crippen LogP contribution in [0.5, 0.6) is 0 Å². The number of nitrogens with zero attached hydrogens (tertiary/aromatic N) is 3. The first-order valence-corrected chi connectivity index (χ1v) is 8.71. The Labute approximate surface area is 143 Å². The summed E-state index contributed by atoms with van der Waals surface area (Å²) in [5.74, 6) is -0.584. The topological polar surface area (TPSA) is 76.9 Å². The minimum Gasteiger partial charge on any atom is -0.246 e. The van der Waals surface area contributed by atoms with Gasteiger partial charge in [-0.25, -0.2) is 22.2 Å². The van der Waals surface area contributed by atoms with Crippen LogP contribution in [0.4, 0.5) is 10.3 Å². The lowest BCUT2D eigenvalue weighted by molar-refractivity contribution is 0.599. The molecule has 0 aliphatic heterocycles. The molecule has 0 saturated carbocycles. The van der Waals surface area contributed by atoms with Gasteiger partial charge in [0.05, 0.1) is 11.4 Å². The first-order chi connectivity index (χ1) is 11.4. The number of rotatable bonds is 5. The largest absolute Gasteiger partial charge is 0.264 e. The van der Waals surface area contributed by atoms with Crippen LogP contribution in [-0.2, 0) is 16.6 Å². The van der Waals surface area contributed by atoms with Gasteiger partial charge in [-0.05, 0) is 42.0 Å². The van der Waals surface area contributed by atoms with Crippen molar-refractivity contribution in [1.82, 2.24) is 14.8 Å². The van der Waals surface area contributed by atoms with Crippen molar-refractivity contribution in [3.8, 4) is 0 Å². The van der Waals surface area contributed by atoms with Gasteiger partial charge >= 0.3 is 0 Å². The highest BCUT2D eigenvalue weighted by atomic mass is 35.5. The Morgan fingerprint density at radius 1 is 1.17 bits per heavy atom. The number of aromatic nitrogens is 3. The second-order valence-electron chi connectivity index (χ2n) is 4.96. The molecular formula is C15H12ClFN4O2S. The minimum atomic E-state index is -3.87. The molecule has 2 aromatic carbocycles. The van der Waals surface area contributed by atoms with Gasteiger partial charge < -0.3 is 0 Å². The zero-order valence-corrected chi connectivity index (χ0v) is 13.8. The Bertz CT molecular complexity index is 958. The molecule has 1 N–H and O–H groups in total. The molecule has 0 spiro atoms. The van der Waals surface area contributed by atoms with Gasteiger partial charge in [-0.3, -0.25) is 0 Å². The second kappa shape index (κ2) is 6.58. The molecule has 0 atom stereocenters. The van der Waals surface area contributed by atoms with Gasteiger partial charge in [0.15, 0.2) is 0 Å². The highest BCUT2D eigenvalue weighted by Crippen LogP contribution is 2.15. The van der Waals surface area contributed by atoms with Gasteiger partial charge in [-0.1, -0.05) is 23.7 Å². The molecule has 0 amide bonds. The molecule has 6 nitrogen and oxygen atoms in total. The molecule has 24 heavy (non-hydrogen) atoms. The first kappa shape index (κ1) is 16.4. The van der Waals surface area contributed by atoms with E-state index in [1.165, 1.54) is 23.1 Å². The number of nitrogens with one attached hydrogen (secondary N) is 1. The van der Waals surface area contributed by atoms with Crippen LogP contribution in [0.1, 0.15) is 5.56 Å². The number of hydrogen-bond donors (Lipinski definition) is 1. The van der Waals surface area contributed by atoms with E-state index in [-0.39, 0.29) is 10.8 Å². The van der Waals surface area contributed by atoms with Crippen LogP contribution in [0.15, 0.2) is 59.8 Å². The molecule has 0 aliphatic rings. The third-order valence-corrected chi connectivity index (χ3v) is 4.70. The standard InChI is InChI=1S/C15H12ClFN4O2S/c16-12-3-1-2-11(8-12)9-21-10-18-15(19-21)20-24(22,23)14-6-4-13(17)5-7-14/h1-8,10H,9H2,(H,19,20). The summed E-state index contributed by atoms with van der Waals surface area (Å²) in [4.78, 5) is 3.84. The van der Waals surface area contributed by atoms with Crippen molar-refractivity contribution in [2.75, 3.05) is 4.72 Å². The maximum atomic E-state index is 12.9. The maximum absolute atomic E-state index is 12.9. The van der Waals surface area contributed by atoms with E-state index in [4.69, 9.17) is 11.6 Å². The smallest absolute Gasteiger partial charge is 0.246 e. The van der Waals surface area contributed by atoms with Gasteiger partial charge in [0.2, 0.25) is 0 Å². The summed E-state index contributed by atoms with van der Waals surface area (Å²) >= 11 is 5.92. The average Bonchev–Trinajstić information content (AvgIpc) is 2.94. The van der Waals surface area contributed by atoms with Crippen LogP contribution in [0, 0.1) is 5.82 Å². The fourth-order valence-electron chi connectivity index (χ4n) is 2.03. The lowest BCUT2D eigenvalue weighted by Gasteiger charge is -2.04. The zero-order chi connectivity index (χ0) is 17.2. The second-order valence-corrected chi connectivity index (χ2v) is 7.07. The van der Waals surface area contributed by atoms with E-state index in [1.54, 1.807) is 12.1 Å². The van der Waals surface area contributed by atoms with Crippen LogP contribution in [0.2, 0.25) is 5.02 Å². The van der Waals surface area contributed by atoms with Crippen molar-refractivity contribution < 1.29 is 12.8 Å². The van der Waals surface area contributed by atoms with Crippen LogP contribution in [-0.4, -0.2) is 23.2 Å². The zero-order valence-electron chi connectivity index (χ0n) is 12.2. The van der Waals surface area contributed by atoms with E-state index in [1.807, 2.05) is 12.1 Å². The predicted octanol–water partition coefficient (Wildman–Crippen LogP) is 2.92. The van der Waals surface area contributed by atoms with E-state index in [9.17, 15) is 12.8 Å². The summed E-state index contributed by atoms with van der Waals surface area (Å²) in [6, 6.07) is 11.7. The summed E-state index contributed by atoms with van der Waals surface area (Å²) < 4.78 is 41.0. The highest BCUT2D eigenvalue weighted by Gasteiger charge is 2.16.